The number of nitrogens with one attached hydrogen (secondary N) is 1. The van der Waals surface area contributed by atoms with Crippen LogP contribution in [-0.2, 0) is 4.79 Å². The van der Waals surface area contributed by atoms with Crippen LogP contribution in [0.25, 0.3) is 0 Å². The molecule has 12 heavy (non-hydrogen) atoms. The highest BCUT2D eigenvalue weighted by atomic mass is 32.1. The lowest BCUT2D eigenvalue weighted by molar-refractivity contribution is -0.120. The van der Waals surface area contributed by atoms with Gasteiger partial charge in [0.2, 0.25) is 5.91 Å². The first-order valence-electron chi connectivity index (χ1n) is 4.41. The SMILES string of the molecule is CC(S)C(=O)NCC(C)C(C)C. The molecule has 2 atom stereocenters. The molecule has 0 aromatic carbocycles. The summed E-state index contributed by atoms with van der Waals surface area (Å²) in [5, 5.41) is 2.64. The van der Waals surface area contributed by atoms with E-state index in [0.29, 0.717) is 11.8 Å². The van der Waals surface area contributed by atoms with Crippen molar-refractivity contribution in [2.24, 2.45) is 11.8 Å². The molecule has 72 valence electrons. The number of hydrogen-bond donors (Lipinski definition) is 2. The van der Waals surface area contributed by atoms with Crippen molar-refractivity contribution >= 4 is 18.5 Å². The summed E-state index contributed by atoms with van der Waals surface area (Å²) in [7, 11) is 0. The second kappa shape index (κ2) is 5.46. The van der Waals surface area contributed by atoms with Crippen LogP contribution in [0.15, 0.2) is 0 Å². The molecule has 2 unspecified atom stereocenters. The predicted molar refractivity (Wildman–Crippen MR) is 55.5 cm³/mol. The average Bonchev–Trinajstić information content (AvgIpc) is 1.98. The third-order valence-corrected chi connectivity index (χ3v) is 2.35. The van der Waals surface area contributed by atoms with Gasteiger partial charge in [-0.05, 0) is 18.8 Å². The van der Waals surface area contributed by atoms with Crippen molar-refractivity contribution in [1.29, 1.82) is 0 Å². The number of rotatable bonds is 4. The lowest BCUT2D eigenvalue weighted by Crippen LogP contribution is -2.34. The lowest BCUT2D eigenvalue weighted by atomic mass is 9.98. The summed E-state index contributed by atoms with van der Waals surface area (Å²) in [5.41, 5.74) is 0. The Bertz CT molecular complexity index is 145. The highest BCUT2D eigenvalue weighted by molar-refractivity contribution is 7.81. The highest BCUT2D eigenvalue weighted by Gasteiger charge is 2.11. The Hall–Kier alpha value is -0.180. The van der Waals surface area contributed by atoms with Crippen molar-refractivity contribution in [1.82, 2.24) is 5.32 Å². The van der Waals surface area contributed by atoms with Gasteiger partial charge in [-0.15, -0.1) is 0 Å². The van der Waals surface area contributed by atoms with E-state index in [0.717, 1.165) is 6.54 Å². The molecular formula is C9H19NOS. The third-order valence-electron chi connectivity index (χ3n) is 2.12. The van der Waals surface area contributed by atoms with E-state index in [1.165, 1.54) is 0 Å². The Balaban J connectivity index is 3.61. The van der Waals surface area contributed by atoms with Gasteiger partial charge in [-0.25, -0.2) is 0 Å². The molecule has 2 nitrogen and oxygen atoms in total. The minimum Gasteiger partial charge on any atom is -0.355 e. The van der Waals surface area contributed by atoms with Crippen LogP contribution in [0.3, 0.4) is 0 Å². The lowest BCUT2D eigenvalue weighted by Gasteiger charge is -2.16. The van der Waals surface area contributed by atoms with E-state index < -0.39 is 0 Å². The number of carbonyl (C=O) groups is 1. The molecule has 1 amide bonds. The van der Waals surface area contributed by atoms with Gasteiger partial charge in [0, 0.05) is 6.54 Å². The highest BCUT2D eigenvalue weighted by Crippen LogP contribution is 2.07. The Labute approximate surface area is 80.5 Å². The Kier molecular flexibility index (Phi) is 5.38. The number of thiol groups is 1. The van der Waals surface area contributed by atoms with Crippen LogP contribution in [0.4, 0.5) is 0 Å². The predicted octanol–water partition coefficient (Wildman–Crippen LogP) is 1.71. The van der Waals surface area contributed by atoms with E-state index >= 15 is 0 Å². The number of hydrogen-bond acceptors (Lipinski definition) is 2. The minimum atomic E-state index is -0.204. The van der Waals surface area contributed by atoms with E-state index in [1.807, 2.05) is 0 Å². The Morgan fingerprint density at radius 3 is 2.17 bits per heavy atom. The summed E-state index contributed by atoms with van der Waals surface area (Å²) in [6.45, 7) is 8.97. The fourth-order valence-electron chi connectivity index (χ4n) is 0.645. The molecule has 0 saturated carbocycles. The summed E-state index contributed by atoms with van der Waals surface area (Å²) >= 11 is 4.04. The third kappa shape index (κ3) is 4.65. The van der Waals surface area contributed by atoms with Crippen molar-refractivity contribution in [2.45, 2.75) is 32.9 Å². The van der Waals surface area contributed by atoms with Gasteiger partial charge in [0.25, 0.3) is 0 Å². The first-order chi connectivity index (χ1) is 5.45. The standard InChI is InChI=1S/C9H19NOS/c1-6(2)7(3)5-10-9(11)8(4)12/h6-8,12H,5H2,1-4H3,(H,10,11). The molecule has 0 aliphatic rings. The maximum atomic E-state index is 11.1. The van der Waals surface area contributed by atoms with Crippen LogP contribution in [0, 0.1) is 11.8 Å². The van der Waals surface area contributed by atoms with Gasteiger partial charge in [0.05, 0.1) is 5.25 Å². The fourth-order valence-corrected chi connectivity index (χ4v) is 0.736. The fraction of sp³-hybridized carbons (Fsp3) is 0.889. The van der Waals surface area contributed by atoms with Crippen LogP contribution < -0.4 is 5.32 Å². The summed E-state index contributed by atoms with van der Waals surface area (Å²) in [6.07, 6.45) is 0. The molecular weight excluding hydrogens is 170 g/mol. The first kappa shape index (κ1) is 11.8. The zero-order chi connectivity index (χ0) is 9.72. The van der Waals surface area contributed by atoms with Gasteiger partial charge in [0.1, 0.15) is 0 Å². The second-order valence-corrected chi connectivity index (χ2v) is 4.42. The van der Waals surface area contributed by atoms with Crippen molar-refractivity contribution < 1.29 is 4.79 Å². The van der Waals surface area contributed by atoms with Crippen LogP contribution in [-0.4, -0.2) is 17.7 Å². The molecule has 3 heteroatoms. The van der Waals surface area contributed by atoms with Crippen molar-refractivity contribution in [3.05, 3.63) is 0 Å². The number of carbonyl (C=O) groups excluding carboxylic acids is 1. The minimum absolute atomic E-state index is 0.0193. The largest absolute Gasteiger partial charge is 0.355 e. The molecule has 0 radical (unpaired) electrons. The van der Waals surface area contributed by atoms with Gasteiger partial charge in [-0.1, -0.05) is 20.8 Å². The van der Waals surface area contributed by atoms with Gasteiger partial charge in [-0.3, -0.25) is 4.79 Å². The van der Waals surface area contributed by atoms with Gasteiger partial charge in [-0.2, -0.15) is 12.6 Å². The van der Waals surface area contributed by atoms with Gasteiger partial charge < -0.3 is 5.32 Å². The zero-order valence-corrected chi connectivity index (χ0v) is 9.19. The average molecular weight is 189 g/mol. The van der Waals surface area contributed by atoms with Crippen LogP contribution in [0.2, 0.25) is 0 Å². The molecule has 0 rings (SSSR count). The Morgan fingerprint density at radius 1 is 1.33 bits per heavy atom. The molecule has 1 N–H and O–H groups in total. The van der Waals surface area contributed by atoms with E-state index in [9.17, 15) is 4.79 Å². The van der Waals surface area contributed by atoms with Crippen LogP contribution >= 0.6 is 12.6 Å². The maximum absolute atomic E-state index is 11.1. The van der Waals surface area contributed by atoms with Crippen LogP contribution in [0.1, 0.15) is 27.7 Å². The molecule has 0 aromatic heterocycles. The number of amides is 1. The van der Waals surface area contributed by atoms with Gasteiger partial charge in [0.15, 0.2) is 0 Å². The molecule has 0 spiro atoms. The second-order valence-electron chi connectivity index (χ2n) is 3.64. The molecule has 0 saturated heterocycles. The first-order valence-corrected chi connectivity index (χ1v) is 4.92. The van der Waals surface area contributed by atoms with E-state index in [1.54, 1.807) is 6.92 Å². The normalized spacial score (nSPS) is 15.8. The maximum Gasteiger partial charge on any atom is 0.232 e. The van der Waals surface area contributed by atoms with Crippen molar-refractivity contribution in [3.63, 3.8) is 0 Å². The van der Waals surface area contributed by atoms with E-state index in [2.05, 4.69) is 38.7 Å². The summed E-state index contributed by atoms with van der Waals surface area (Å²) < 4.78 is 0. The topological polar surface area (TPSA) is 29.1 Å². The van der Waals surface area contributed by atoms with Crippen LogP contribution in [0.5, 0.6) is 0 Å². The molecule has 0 fully saturated rings. The monoisotopic (exact) mass is 189 g/mol. The molecule has 0 aliphatic carbocycles. The summed E-state index contributed by atoms with van der Waals surface area (Å²) in [4.78, 5) is 11.1. The quantitative estimate of drug-likeness (QED) is 0.648. The molecule has 0 aliphatic heterocycles. The Morgan fingerprint density at radius 2 is 1.83 bits per heavy atom. The molecule has 0 aromatic rings. The summed E-state index contributed by atoms with van der Waals surface area (Å²) in [6, 6.07) is 0. The van der Waals surface area contributed by atoms with E-state index in [4.69, 9.17) is 0 Å². The molecule has 0 bridgehead atoms. The van der Waals surface area contributed by atoms with Gasteiger partial charge >= 0.3 is 0 Å². The van der Waals surface area contributed by atoms with Crippen molar-refractivity contribution in [3.8, 4) is 0 Å². The van der Waals surface area contributed by atoms with Crippen molar-refractivity contribution in [2.75, 3.05) is 6.54 Å². The van der Waals surface area contributed by atoms with E-state index in [-0.39, 0.29) is 11.2 Å². The smallest absolute Gasteiger partial charge is 0.232 e. The summed E-state index contributed by atoms with van der Waals surface area (Å²) in [5.74, 6) is 1.16. The molecule has 0 heterocycles. The zero-order valence-electron chi connectivity index (χ0n) is 8.29.